The molecule has 2 rings (SSSR count). The molecule has 0 spiro atoms. The summed E-state index contributed by atoms with van der Waals surface area (Å²) in [6, 6.07) is 3.15. The molecule has 104 valence electrons. The predicted molar refractivity (Wildman–Crippen MR) is 76.1 cm³/mol. The number of carbonyl (C=O) groups is 1. The third-order valence-electron chi connectivity index (χ3n) is 4.87. The molecule has 0 bridgehead atoms. The first kappa shape index (κ1) is 13.8. The maximum absolute atomic E-state index is 12.3. The van der Waals surface area contributed by atoms with Crippen molar-refractivity contribution in [2.75, 3.05) is 5.32 Å². The molecule has 1 aromatic heterocycles. The summed E-state index contributed by atoms with van der Waals surface area (Å²) >= 11 is 0. The second kappa shape index (κ2) is 4.22. The normalized spacial score (nSPS) is 20.1. The zero-order chi connectivity index (χ0) is 14.4. The second-order valence-corrected chi connectivity index (χ2v) is 6.41. The van der Waals surface area contributed by atoms with E-state index in [4.69, 9.17) is 0 Å². The number of nitrogens with one attached hydrogen (secondary N) is 1. The molecule has 1 N–H and O–H groups in total. The fourth-order valence-electron chi connectivity index (χ4n) is 2.92. The first-order chi connectivity index (χ1) is 8.71. The van der Waals surface area contributed by atoms with E-state index >= 15 is 0 Å². The average molecular weight is 262 g/mol. The van der Waals surface area contributed by atoms with Crippen LogP contribution in [0.25, 0.3) is 0 Å². The lowest BCUT2D eigenvalue weighted by molar-refractivity contribution is -0.118. The SMILES string of the molecule is CCn1cc(NC(=O)C2C(C)(C)C2(C)C)ccc1=O. The predicted octanol–water partition coefficient (Wildman–Crippen LogP) is 2.49. The number of carbonyl (C=O) groups excluding carboxylic acids is 1. The summed E-state index contributed by atoms with van der Waals surface area (Å²) in [6.45, 7) is 11.0. The highest BCUT2D eigenvalue weighted by Crippen LogP contribution is 2.68. The third-order valence-corrected chi connectivity index (χ3v) is 4.87. The minimum Gasteiger partial charge on any atom is -0.325 e. The molecule has 1 amide bonds. The van der Waals surface area contributed by atoms with Crippen LogP contribution in [0, 0.1) is 16.7 Å². The summed E-state index contributed by atoms with van der Waals surface area (Å²) in [5.41, 5.74) is 0.685. The molecule has 0 radical (unpaired) electrons. The Labute approximate surface area is 113 Å². The first-order valence-electron chi connectivity index (χ1n) is 6.73. The molecule has 4 nitrogen and oxygen atoms in total. The zero-order valence-corrected chi connectivity index (χ0v) is 12.3. The number of nitrogens with zero attached hydrogens (tertiary/aromatic N) is 1. The van der Waals surface area contributed by atoms with Crippen molar-refractivity contribution in [2.45, 2.75) is 41.2 Å². The molecule has 0 unspecified atom stereocenters. The van der Waals surface area contributed by atoms with Crippen molar-refractivity contribution < 1.29 is 4.79 Å². The van der Waals surface area contributed by atoms with Gasteiger partial charge in [0, 0.05) is 24.7 Å². The van der Waals surface area contributed by atoms with E-state index in [1.165, 1.54) is 6.07 Å². The van der Waals surface area contributed by atoms with Gasteiger partial charge in [-0.05, 0) is 23.8 Å². The number of aromatic nitrogens is 1. The van der Waals surface area contributed by atoms with Crippen LogP contribution < -0.4 is 10.9 Å². The van der Waals surface area contributed by atoms with E-state index in [1.54, 1.807) is 16.8 Å². The molecule has 4 heteroatoms. The van der Waals surface area contributed by atoms with Gasteiger partial charge in [-0.25, -0.2) is 0 Å². The lowest BCUT2D eigenvalue weighted by Crippen LogP contribution is -2.21. The van der Waals surface area contributed by atoms with Crippen LogP contribution in [0.3, 0.4) is 0 Å². The highest BCUT2D eigenvalue weighted by Gasteiger charge is 2.68. The van der Waals surface area contributed by atoms with Gasteiger partial charge in [0.1, 0.15) is 0 Å². The quantitative estimate of drug-likeness (QED) is 0.910. The lowest BCUT2D eigenvalue weighted by Gasteiger charge is -2.08. The van der Waals surface area contributed by atoms with Crippen LogP contribution in [0.2, 0.25) is 0 Å². The van der Waals surface area contributed by atoms with E-state index in [9.17, 15) is 9.59 Å². The Bertz CT molecular complexity index is 556. The number of rotatable bonds is 3. The molecular weight excluding hydrogens is 240 g/mol. The van der Waals surface area contributed by atoms with Crippen molar-refractivity contribution in [3.63, 3.8) is 0 Å². The van der Waals surface area contributed by atoms with E-state index in [-0.39, 0.29) is 28.2 Å². The molecule has 1 fully saturated rings. The van der Waals surface area contributed by atoms with Crippen molar-refractivity contribution in [3.05, 3.63) is 28.7 Å². The second-order valence-electron chi connectivity index (χ2n) is 6.41. The van der Waals surface area contributed by atoms with Crippen molar-refractivity contribution in [2.24, 2.45) is 16.7 Å². The minimum atomic E-state index is -0.0485. The van der Waals surface area contributed by atoms with Gasteiger partial charge in [0.05, 0.1) is 5.69 Å². The van der Waals surface area contributed by atoms with Gasteiger partial charge < -0.3 is 9.88 Å². The van der Waals surface area contributed by atoms with E-state index in [0.29, 0.717) is 12.2 Å². The monoisotopic (exact) mass is 262 g/mol. The molecule has 1 aliphatic rings. The summed E-state index contributed by atoms with van der Waals surface area (Å²) in [4.78, 5) is 23.8. The van der Waals surface area contributed by atoms with Crippen LogP contribution in [0.4, 0.5) is 5.69 Å². The molecule has 0 atom stereocenters. The number of aryl methyl sites for hydroxylation is 1. The van der Waals surface area contributed by atoms with Gasteiger partial charge in [0.2, 0.25) is 5.91 Å². The summed E-state index contributed by atoms with van der Waals surface area (Å²) in [6.07, 6.45) is 1.70. The maximum Gasteiger partial charge on any atom is 0.250 e. The van der Waals surface area contributed by atoms with E-state index in [2.05, 4.69) is 33.0 Å². The van der Waals surface area contributed by atoms with Gasteiger partial charge in [-0.15, -0.1) is 0 Å². The topological polar surface area (TPSA) is 51.1 Å². The molecule has 0 aromatic carbocycles. The van der Waals surface area contributed by atoms with Crippen LogP contribution >= 0.6 is 0 Å². The van der Waals surface area contributed by atoms with Crippen molar-refractivity contribution in [1.29, 1.82) is 0 Å². The Balaban J connectivity index is 2.15. The van der Waals surface area contributed by atoms with Crippen molar-refractivity contribution >= 4 is 11.6 Å². The van der Waals surface area contributed by atoms with Gasteiger partial charge in [-0.1, -0.05) is 27.7 Å². The van der Waals surface area contributed by atoms with Gasteiger partial charge >= 0.3 is 0 Å². The Kier molecular flexibility index (Phi) is 3.07. The van der Waals surface area contributed by atoms with Crippen molar-refractivity contribution in [3.8, 4) is 0 Å². The van der Waals surface area contributed by atoms with Crippen LogP contribution in [-0.2, 0) is 11.3 Å². The summed E-state index contributed by atoms with van der Waals surface area (Å²) in [5, 5.41) is 2.92. The highest BCUT2D eigenvalue weighted by molar-refractivity contribution is 5.95. The summed E-state index contributed by atoms with van der Waals surface area (Å²) in [7, 11) is 0. The minimum absolute atomic E-state index is 0.0157. The van der Waals surface area contributed by atoms with Crippen LogP contribution in [0.1, 0.15) is 34.6 Å². The van der Waals surface area contributed by atoms with Gasteiger partial charge in [-0.2, -0.15) is 0 Å². The number of amides is 1. The molecule has 19 heavy (non-hydrogen) atoms. The average Bonchev–Trinajstić information content (AvgIpc) is 2.72. The molecule has 1 heterocycles. The molecule has 1 saturated carbocycles. The number of pyridine rings is 1. The molecular formula is C15H22N2O2. The molecule has 0 aliphatic heterocycles. The van der Waals surface area contributed by atoms with E-state index in [1.807, 2.05) is 6.92 Å². The Hall–Kier alpha value is -1.58. The van der Waals surface area contributed by atoms with Crippen molar-refractivity contribution in [1.82, 2.24) is 4.57 Å². The van der Waals surface area contributed by atoms with Crippen LogP contribution in [0.5, 0.6) is 0 Å². The number of hydrogen-bond acceptors (Lipinski definition) is 2. The van der Waals surface area contributed by atoms with Gasteiger partial charge in [0.15, 0.2) is 0 Å². The molecule has 0 saturated heterocycles. The Morgan fingerprint density at radius 2 is 1.84 bits per heavy atom. The smallest absolute Gasteiger partial charge is 0.250 e. The summed E-state index contributed by atoms with van der Waals surface area (Å²) < 4.78 is 1.58. The fourth-order valence-corrected chi connectivity index (χ4v) is 2.92. The maximum atomic E-state index is 12.3. The first-order valence-corrected chi connectivity index (χ1v) is 6.73. The molecule has 1 aliphatic carbocycles. The van der Waals surface area contributed by atoms with E-state index in [0.717, 1.165) is 0 Å². The van der Waals surface area contributed by atoms with E-state index < -0.39 is 0 Å². The number of hydrogen-bond donors (Lipinski definition) is 1. The number of anilines is 1. The standard InChI is InChI=1S/C15H22N2O2/c1-6-17-9-10(7-8-11(17)18)16-13(19)12-14(2,3)15(12,4)5/h7-9,12H,6H2,1-5H3,(H,16,19). The summed E-state index contributed by atoms with van der Waals surface area (Å²) in [5.74, 6) is 0.0540. The molecule has 1 aromatic rings. The Morgan fingerprint density at radius 3 is 2.32 bits per heavy atom. The van der Waals surface area contributed by atoms with Crippen LogP contribution in [0.15, 0.2) is 23.1 Å². The zero-order valence-electron chi connectivity index (χ0n) is 12.3. The highest BCUT2D eigenvalue weighted by atomic mass is 16.2. The Morgan fingerprint density at radius 1 is 1.26 bits per heavy atom. The third kappa shape index (κ3) is 2.09. The fraction of sp³-hybridized carbons (Fsp3) is 0.600. The lowest BCUT2D eigenvalue weighted by atomic mass is 10.0. The van der Waals surface area contributed by atoms with Gasteiger partial charge in [-0.3, -0.25) is 9.59 Å². The van der Waals surface area contributed by atoms with Gasteiger partial charge in [0.25, 0.3) is 5.56 Å². The largest absolute Gasteiger partial charge is 0.325 e. The van der Waals surface area contributed by atoms with Crippen LogP contribution in [-0.4, -0.2) is 10.5 Å².